The van der Waals surface area contributed by atoms with Gasteiger partial charge in [-0.25, -0.2) is 18.9 Å². The number of esters is 1. The molecule has 32 heavy (non-hydrogen) atoms. The lowest BCUT2D eigenvalue weighted by Gasteiger charge is -2.11. The zero-order valence-electron chi connectivity index (χ0n) is 16.0. The monoisotopic (exact) mass is 466 g/mol. The molecule has 0 atom stereocenters. The van der Waals surface area contributed by atoms with Crippen molar-refractivity contribution < 1.29 is 31.6 Å². The van der Waals surface area contributed by atoms with Crippen LogP contribution < -0.4 is 0 Å². The SMILES string of the molecule is COC(=O)c1c(-c2c(F)cccc2Cl)noc1-c1cnn(-c2ccccn2)c1C(F)(F)F. The average Bonchev–Trinajstić information content (AvgIpc) is 3.38. The molecule has 4 aromatic rings. The van der Waals surface area contributed by atoms with E-state index in [4.69, 9.17) is 20.9 Å². The van der Waals surface area contributed by atoms with Gasteiger partial charge in [0.25, 0.3) is 0 Å². The number of hydrogen-bond acceptors (Lipinski definition) is 6. The zero-order chi connectivity index (χ0) is 23.0. The largest absolute Gasteiger partial charge is 0.465 e. The summed E-state index contributed by atoms with van der Waals surface area (Å²) in [6.45, 7) is 0. The van der Waals surface area contributed by atoms with Gasteiger partial charge in [-0.05, 0) is 24.3 Å². The number of methoxy groups -OCH3 is 1. The Labute approximate surface area is 182 Å². The fraction of sp³-hybridized carbons (Fsp3) is 0.100. The predicted octanol–water partition coefficient (Wildman–Crippen LogP) is 5.19. The van der Waals surface area contributed by atoms with Gasteiger partial charge in [0.05, 0.1) is 29.5 Å². The van der Waals surface area contributed by atoms with Gasteiger partial charge in [0, 0.05) is 6.20 Å². The lowest BCUT2D eigenvalue weighted by Crippen LogP contribution is -2.15. The molecular formula is C20H11ClF4N4O3. The van der Waals surface area contributed by atoms with E-state index in [9.17, 15) is 22.4 Å². The number of rotatable bonds is 4. The predicted molar refractivity (Wildman–Crippen MR) is 104 cm³/mol. The van der Waals surface area contributed by atoms with E-state index in [1.807, 2.05) is 0 Å². The molecule has 4 rings (SSSR count). The van der Waals surface area contributed by atoms with Crippen LogP contribution in [0.25, 0.3) is 28.4 Å². The Morgan fingerprint density at radius 1 is 1.19 bits per heavy atom. The molecule has 0 fully saturated rings. The number of halogens is 5. The maximum atomic E-state index is 14.5. The molecule has 0 aliphatic heterocycles. The Hall–Kier alpha value is -3.73. The lowest BCUT2D eigenvalue weighted by molar-refractivity contribution is -0.142. The van der Waals surface area contributed by atoms with Gasteiger partial charge in [0.15, 0.2) is 17.3 Å². The second-order valence-corrected chi connectivity index (χ2v) is 6.74. The molecule has 7 nitrogen and oxygen atoms in total. The summed E-state index contributed by atoms with van der Waals surface area (Å²) in [5, 5.41) is 7.28. The smallest absolute Gasteiger partial charge is 0.434 e. The number of pyridine rings is 1. The van der Waals surface area contributed by atoms with Gasteiger partial charge >= 0.3 is 12.1 Å². The maximum Gasteiger partial charge on any atom is 0.434 e. The van der Waals surface area contributed by atoms with E-state index in [1.54, 1.807) is 0 Å². The van der Waals surface area contributed by atoms with Crippen LogP contribution in [0.1, 0.15) is 16.1 Å². The van der Waals surface area contributed by atoms with Gasteiger partial charge in [-0.2, -0.15) is 18.3 Å². The van der Waals surface area contributed by atoms with Crippen LogP contribution in [0.4, 0.5) is 17.6 Å². The third-order valence-corrected chi connectivity index (χ3v) is 4.74. The molecule has 0 aliphatic rings. The van der Waals surface area contributed by atoms with E-state index in [-0.39, 0.29) is 16.4 Å². The van der Waals surface area contributed by atoms with Crippen LogP contribution in [0, 0.1) is 5.82 Å². The van der Waals surface area contributed by atoms with E-state index < -0.39 is 46.2 Å². The Morgan fingerprint density at radius 3 is 2.59 bits per heavy atom. The highest BCUT2D eigenvalue weighted by molar-refractivity contribution is 6.33. The summed E-state index contributed by atoms with van der Waals surface area (Å²) in [5.41, 5.74) is -3.16. The molecule has 12 heteroatoms. The average molecular weight is 467 g/mol. The molecule has 3 heterocycles. The van der Waals surface area contributed by atoms with Gasteiger partial charge in [0.2, 0.25) is 0 Å². The zero-order valence-corrected chi connectivity index (χ0v) is 16.8. The third-order valence-electron chi connectivity index (χ3n) is 4.43. The van der Waals surface area contributed by atoms with Crippen LogP contribution in [0.2, 0.25) is 5.02 Å². The summed E-state index contributed by atoms with van der Waals surface area (Å²) in [4.78, 5) is 16.4. The van der Waals surface area contributed by atoms with Crippen molar-refractivity contribution in [3.63, 3.8) is 0 Å². The number of hydrogen-bond donors (Lipinski definition) is 0. The number of benzene rings is 1. The molecule has 0 bridgehead atoms. The van der Waals surface area contributed by atoms with E-state index in [2.05, 4.69) is 15.2 Å². The second kappa shape index (κ2) is 8.08. The van der Waals surface area contributed by atoms with Crippen molar-refractivity contribution in [2.24, 2.45) is 0 Å². The van der Waals surface area contributed by atoms with Crippen molar-refractivity contribution in [2.75, 3.05) is 7.11 Å². The fourth-order valence-corrected chi connectivity index (χ4v) is 3.35. The molecule has 0 saturated heterocycles. The van der Waals surface area contributed by atoms with Crippen molar-refractivity contribution in [1.29, 1.82) is 0 Å². The highest BCUT2D eigenvalue weighted by atomic mass is 35.5. The third kappa shape index (κ3) is 3.60. The lowest BCUT2D eigenvalue weighted by atomic mass is 10.0. The van der Waals surface area contributed by atoms with Crippen LogP contribution in [0.15, 0.2) is 53.3 Å². The molecule has 0 unspecified atom stereocenters. The Morgan fingerprint density at radius 2 is 1.97 bits per heavy atom. The Balaban J connectivity index is 2.01. The number of aromatic nitrogens is 4. The minimum absolute atomic E-state index is 0.123. The standard InChI is InChI=1S/C20H11ClF4N4O3/c1-31-19(30)15-16(14-11(21)5-4-6-12(14)22)28-32-17(15)10-9-27-29(18(10)20(23,24)25)13-7-2-3-8-26-13/h2-9H,1H3. The molecule has 0 radical (unpaired) electrons. The highest BCUT2D eigenvalue weighted by Crippen LogP contribution is 2.42. The van der Waals surface area contributed by atoms with Crippen LogP contribution in [0.5, 0.6) is 0 Å². The number of nitrogens with zero attached hydrogens (tertiary/aromatic N) is 4. The first kappa shape index (κ1) is 21.5. The van der Waals surface area contributed by atoms with Gasteiger partial charge in [-0.15, -0.1) is 0 Å². The van der Waals surface area contributed by atoms with E-state index >= 15 is 0 Å². The number of alkyl halides is 3. The molecular weight excluding hydrogens is 456 g/mol. The molecule has 0 spiro atoms. The minimum atomic E-state index is -4.93. The Kier molecular flexibility index (Phi) is 5.43. The first-order valence-electron chi connectivity index (χ1n) is 8.83. The maximum absolute atomic E-state index is 14.5. The van der Waals surface area contributed by atoms with Crippen LogP contribution in [-0.2, 0) is 10.9 Å². The quantitative estimate of drug-likeness (QED) is 0.304. The van der Waals surface area contributed by atoms with Gasteiger partial charge < -0.3 is 9.26 Å². The summed E-state index contributed by atoms with van der Waals surface area (Å²) in [6, 6.07) is 8.02. The normalized spacial score (nSPS) is 11.6. The summed E-state index contributed by atoms with van der Waals surface area (Å²) >= 11 is 6.05. The first-order valence-corrected chi connectivity index (χ1v) is 9.21. The van der Waals surface area contributed by atoms with Crippen molar-refractivity contribution >= 4 is 17.6 Å². The molecule has 0 N–H and O–H groups in total. The number of ether oxygens (including phenoxy) is 1. The molecule has 0 amide bonds. The minimum Gasteiger partial charge on any atom is -0.465 e. The summed E-state index contributed by atoms with van der Waals surface area (Å²) < 4.78 is 66.9. The van der Waals surface area contributed by atoms with Gasteiger partial charge in [0.1, 0.15) is 17.1 Å². The van der Waals surface area contributed by atoms with Gasteiger partial charge in [-0.1, -0.05) is 28.9 Å². The molecule has 3 aromatic heterocycles. The van der Waals surface area contributed by atoms with Crippen LogP contribution >= 0.6 is 11.6 Å². The summed E-state index contributed by atoms with van der Waals surface area (Å²) in [6.07, 6.45) is -2.79. The first-order chi connectivity index (χ1) is 15.2. The molecule has 164 valence electrons. The van der Waals surface area contributed by atoms with Crippen molar-refractivity contribution in [1.82, 2.24) is 19.9 Å². The van der Waals surface area contributed by atoms with E-state index in [0.717, 1.165) is 19.4 Å². The van der Waals surface area contributed by atoms with Crippen LogP contribution in [-0.4, -0.2) is 33.0 Å². The summed E-state index contributed by atoms with van der Waals surface area (Å²) in [5.74, 6) is -2.69. The topological polar surface area (TPSA) is 83.0 Å². The van der Waals surface area contributed by atoms with Gasteiger partial charge in [-0.3, -0.25) is 0 Å². The second-order valence-electron chi connectivity index (χ2n) is 6.33. The van der Waals surface area contributed by atoms with E-state index in [0.29, 0.717) is 4.68 Å². The number of carbonyl (C=O) groups is 1. The fourth-order valence-electron chi connectivity index (χ4n) is 3.10. The Bertz CT molecular complexity index is 1280. The molecule has 0 saturated carbocycles. The molecule has 0 aliphatic carbocycles. The van der Waals surface area contributed by atoms with Crippen molar-refractivity contribution in [3.05, 3.63) is 70.9 Å². The highest BCUT2D eigenvalue weighted by Gasteiger charge is 2.42. The van der Waals surface area contributed by atoms with Crippen molar-refractivity contribution in [3.8, 4) is 28.4 Å². The molecule has 1 aromatic carbocycles. The van der Waals surface area contributed by atoms with Crippen molar-refractivity contribution in [2.45, 2.75) is 6.18 Å². The van der Waals surface area contributed by atoms with Crippen LogP contribution in [0.3, 0.4) is 0 Å². The van der Waals surface area contributed by atoms with E-state index in [1.165, 1.54) is 36.5 Å². The summed E-state index contributed by atoms with van der Waals surface area (Å²) in [7, 11) is 1.01. The number of carbonyl (C=O) groups excluding carboxylic acids is 1.